The highest BCUT2D eigenvalue weighted by Crippen LogP contribution is 2.30. The van der Waals surface area contributed by atoms with E-state index in [1.807, 2.05) is 70.4 Å². The van der Waals surface area contributed by atoms with Crippen molar-refractivity contribution in [3.8, 4) is 22.8 Å². The van der Waals surface area contributed by atoms with E-state index >= 15 is 0 Å². The molecule has 2 aromatic heterocycles. The van der Waals surface area contributed by atoms with Gasteiger partial charge in [0, 0.05) is 30.9 Å². The molecule has 0 aliphatic carbocycles. The van der Waals surface area contributed by atoms with E-state index in [2.05, 4.69) is 5.10 Å². The summed E-state index contributed by atoms with van der Waals surface area (Å²) in [6.07, 6.45) is 2.25. The summed E-state index contributed by atoms with van der Waals surface area (Å²) in [4.78, 5) is 23.9. The normalized spacial score (nSPS) is 13.9. The molecule has 0 radical (unpaired) electrons. The Morgan fingerprint density at radius 3 is 2.52 bits per heavy atom. The summed E-state index contributed by atoms with van der Waals surface area (Å²) in [7, 11) is 1.89. The number of rotatable bonds is 2. The first-order chi connectivity index (χ1) is 13.8. The zero-order chi connectivity index (χ0) is 20.6. The largest absolute Gasteiger partial charge is 0.444 e. The van der Waals surface area contributed by atoms with E-state index in [-0.39, 0.29) is 6.09 Å². The fourth-order valence-electron chi connectivity index (χ4n) is 3.38. The molecule has 1 aromatic carbocycles. The smallest absolute Gasteiger partial charge is 0.410 e. The minimum absolute atomic E-state index is 0.317. The molecule has 0 saturated carbocycles. The van der Waals surface area contributed by atoms with E-state index in [4.69, 9.17) is 14.7 Å². The van der Waals surface area contributed by atoms with Gasteiger partial charge in [-0.15, -0.1) is 0 Å². The molecule has 7 heteroatoms. The third-order valence-corrected chi connectivity index (χ3v) is 4.71. The lowest BCUT2D eigenvalue weighted by molar-refractivity contribution is 0.0221. The Morgan fingerprint density at radius 1 is 1.10 bits per heavy atom. The molecule has 0 atom stereocenters. The lowest BCUT2D eigenvalue weighted by Crippen LogP contribution is -2.40. The topological polar surface area (TPSA) is 73.1 Å². The molecule has 0 fully saturated rings. The molecule has 1 amide bonds. The molecular formula is C22H25N5O2. The SMILES string of the molecule is Cn1ccc(-c2nc(-c3ccccc3)nc3c2CCN(C(=O)OC(C)(C)C)C3)n1. The van der Waals surface area contributed by atoms with Crippen molar-refractivity contribution in [3.63, 3.8) is 0 Å². The van der Waals surface area contributed by atoms with Crippen LogP contribution in [0.15, 0.2) is 42.6 Å². The van der Waals surface area contributed by atoms with Gasteiger partial charge in [-0.1, -0.05) is 30.3 Å². The summed E-state index contributed by atoms with van der Waals surface area (Å²) in [6.45, 7) is 6.58. The second-order valence-corrected chi connectivity index (χ2v) is 8.21. The van der Waals surface area contributed by atoms with Crippen molar-refractivity contribution in [1.29, 1.82) is 0 Å². The van der Waals surface area contributed by atoms with E-state index < -0.39 is 5.60 Å². The molecule has 150 valence electrons. The van der Waals surface area contributed by atoms with Crippen LogP contribution in [0.25, 0.3) is 22.8 Å². The summed E-state index contributed by atoms with van der Waals surface area (Å²) in [5.74, 6) is 0.635. The van der Waals surface area contributed by atoms with Gasteiger partial charge in [0.05, 0.1) is 17.9 Å². The Hall–Kier alpha value is -3.22. The average molecular weight is 391 g/mol. The monoisotopic (exact) mass is 391 g/mol. The molecule has 0 spiro atoms. The number of carbonyl (C=O) groups excluding carboxylic acids is 1. The van der Waals surface area contributed by atoms with Gasteiger partial charge in [-0.2, -0.15) is 5.10 Å². The predicted molar refractivity (Wildman–Crippen MR) is 110 cm³/mol. The standard InChI is InChI=1S/C22H25N5O2/c1-22(2,3)29-21(28)27-13-10-16-18(14-27)23-20(15-8-6-5-7-9-15)24-19(16)17-11-12-26(4)25-17/h5-9,11-12H,10,13-14H2,1-4H3. The van der Waals surface area contributed by atoms with E-state index in [0.29, 0.717) is 25.3 Å². The Morgan fingerprint density at radius 2 is 1.86 bits per heavy atom. The minimum atomic E-state index is -0.530. The number of aryl methyl sites for hydroxylation is 1. The first kappa shape index (κ1) is 19.1. The Kier molecular flexibility index (Phi) is 4.82. The minimum Gasteiger partial charge on any atom is -0.444 e. The summed E-state index contributed by atoms with van der Waals surface area (Å²) < 4.78 is 7.32. The number of carbonyl (C=O) groups is 1. The van der Waals surface area contributed by atoms with Crippen LogP contribution < -0.4 is 0 Å². The van der Waals surface area contributed by atoms with Crippen molar-refractivity contribution in [2.75, 3.05) is 6.54 Å². The maximum Gasteiger partial charge on any atom is 0.410 e. The van der Waals surface area contributed by atoms with Gasteiger partial charge in [0.25, 0.3) is 0 Å². The van der Waals surface area contributed by atoms with Gasteiger partial charge in [0.2, 0.25) is 0 Å². The third-order valence-electron chi connectivity index (χ3n) is 4.71. The summed E-state index contributed by atoms with van der Waals surface area (Å²) >= 11 is 0. The number of nitrogens with zero attached hydrogens (tertiary/aromatic N) is 5. The van der Waals surface area contributed by atoms with Crippen molar-refractivity contribution in [2.24, 2.45) is 7.05 Å². The number of amides is 1. The molecule has 0 N–H and O–H groups in total. The molecule has 1 aliphatic heterocycles. The van der Waals surface area contributed by atoms with Crippen LogP contribution in [-0.4, -0.2) is 42.9 Å². The number of hydrogen-bond acceptors (Lipinski definition) is 5. The van der Waals surface area contributed by atoms with E-state index in [1.165, 1.54) is 0 Å². The van der Waals surface area contributed by atoms with Crippen LogP contribution in [0, 0.1) is 0 Å². The highest BCUT2D eigenvalue weighted by molar-refractivity contribution is 5.70. The van der Waals surface area contributed by atoms with Gasteiger partial charge in [0.15, 0.2) is 5.82 Å². The quantitative estimate of drug-likeness (QED) is 0.664. The second kappa shape index (κ2) is 7.31. The van der Waals surface area contributed by atoms with Crippen LogP contribution in [0.5, 0.6) is 0 Å². The molecule has 4 rings (SSSR count). The molecule has 3 aromatic rings. The molecule has 1 aliphatic rings. The lowest BCUT2D eigenvalue weighted by Gasteiger charge is -2.31. The van der Waals surface area contributed by atoms with Gasteiger partial charge in [0.1, 0.15) is 11.3 Å². The lowest BCUT2D eigenvalue weighted by atomic mass is 10.0. The fourth-order valence-corrected chi connectivity index (χ4v) is 3.38. The Bertz CT molecular complexity index is 1040. The van der Waals surface area contributed by atoms with Gasteiger partial charge in [-0.25, -0.2) is 14.8 Å². The average Bonchev–Trinajstić information content (AvgIpc) is 3.12. The van der Waals surface area contributed by atoms with Crippen LogP contribution in [0.4, 0.5) is 4.79 Å². The van der Waals surface area contributed by atoms with Crippen molar-refractivity contribution in [3.05, 3.63) is 53.9 Å². The molecule has 0 bridgehead atoms. The Labute approximate surface area is 170 Å². The molecule has 29 heavy (non-hydrogen) atoms. The van der Waals surface area contributed by atoms with Crippen molar-refractivity contribution < 1.29 is 9.53 Å². The molecular weight excluding hydrogens is 366 g/mol. The predicted octanol–water partition coefficient (Wildman–Crippen LogP) is 3.84. The first-order valence-electron chi connectivity index (χ1n) is 9.73. The number of ether oxygens (including phenoxy) is 1. The highest BCUT2D eigenvalue weighted by atomic mass is 16.6. The van der Waals surface area contributed by atoms with Gasteiger partial charge in [-0.3, -0.25) is 4.68 Å². The summed E-state index contributed by atoms with van der Waals surface area (Å²) in [5, 5.41) is 4.55. The molecule has 0 saturated heterocycles. The summed E-state index contributed by atoms with van der Waals surface area (Å²) in [6, 6.07) is 11.8. The van der Waals surface area contributed by atoms with Gasteiger partial charge >= 0.3 is 6.09 Å². The van der Waals surface area contributed by atoms with E-state index in [1.54, 1.807) is 9.58 Å². The van der Waals surface area contributed by atoms with Crippen LogP contribution in [0.3, 0.4) is 0 Å². The van der Waals surface area contributed by atoms with E-state index in [9.17, 15) is 4.79 Å². The van der Waals surface area contributed by atoms with E-state index in [0.717, 1.165) is 28.2 Å². The number of fused-ring (bicyclic) bond motifs is 1. The zero-order valence-corrected chi connectivity index (χ0v) is 17.2. The molecule has 0 unspecified atom stereocenters. The molecule has 3 heterocycles. The molecule has 7 nitrogen and oxygen atoms in total. The Balaban J connectivity index is 1.76. The zero-order valence-electron chi connectivity index (χ0n) is 17.2. The van der Waals surface area contributed by atoms with Gasteiger partial charge < -0.3 is 9.64 Å². The second-order valence-electron chi connectivity index (χ2n) is 8.21. The van der Waals surface area contributed by atoms with Crippen LogP contribution in [-0.2, 0) is 24.8 Å². The van der Waals surface area contributed by atoms with Crippen LogP contribution >= 0.6 is 0 Å². The van der Waals surface area contributed by atoms with Crippen LogP contribution in [0.1, 0.15) is 32.0 Å². The van der Waals surface area contributed by atoms with Crippen molar-refractivity contribution in [2.45, 2.75) is 39.3 Å². The highest BCUT2D eigenvalue weighted by Gasteiger charge is 2.29. The van der Waals surface area contributed by atoms with Crippen molar-refractivity contribution >= 4 is 6.09 Å². The van der Waals surface area contributed by atoms with Gasteiger partial charge in [-0.05, 0) is 33.3 Å². The third kappa shape index (κ3) is 4.13. The number of benzene rings is 1. The van der Waals surface area contributed by atoms with Crippen LogP contribution in [0.2, 0.25) is 0 Å². The summed E-state index contributed by atoms with van der Waals surface area (Å²) in [5.41, 5.74) is 3.94. The van der Waals surface area contributed by atoms with Crippen molar-refractivity contribution in [1.82, 2.24) is 24.6 Å². The maximum absolute atomic E-state index is 12.6. The maximum atomic E-state index is 12.6. The number of aromatic nitrogens is 4. The first-order valence-corrected chi connectivity index (χ1v) is 9.73. The number of hydrogen-bond donors (Lipinski definition) is 0. The fraction of sp³-hybridized carbons (Fsp3) is 0.364.